The van der Waals surface area contributed by atoms with E-state index in [1.54, 1.807) is 19.4 Å². The van der Waals surface area contributed by atoms with Crippen molar-refractivity contribution in [1.82, 2.24) is 10.3 Å². The van der Waals surface area contributed by atoms with Crippen molar-refractivity contribution in [3.63, 3.8) is 0 Å². The molecule has 0 spiro atoms. The fraction of sp³-hybridized carbons (Fsp3) is 0.455. The first-order valence-electron chi connectivity index (χ1n) is 4.90. The number of aromatic nitrogens is 1. The number of carbonyl (C=O) groups is 1. The molecule has 0 aliphatic heterocycles. The zero-order valence-corrected chi connectivity index (χ0v) is 9.28. The van der Waals surface area contributed by atoms with Crippen molar-refractivity contribution in [3.8, 4) is 5.88 Å². The SMILES string of the molecule is COc1ccc(CNC(=O)C(C)C)cn1.[HH]. The van der Waals surface area contributed by atoms with Crippen LogP contribution in [-0.2, 0) is 11.3 Å². The van der Waals surface area contributed by atoms with E-state index < -0.39 is 0 Å². The number of nitrogens with one attached hydrogen (secondary N) is 1. The molecule has 1 aromatic heterocycles. The molecular formula is C11H18N2O2. The fourth-order valence-corrected chi connectivity index (χ4v) is 1.03. The minimum Gasteiger partial charge on any atom is -0.481 e. The van der Waals surface area contributed by atoms with Crippen LogP contribution in [0.1, 0.15) is 20.8 Å². The van der Waals surface area contributed by atoms with E-state index in [2.05, 4.69) is 10.3 Å². The Morgan fingerprint density at radius 2 is 2.33 bits per heavy atom. The lowest BCUT2D eigenvalue weighted by atomic mass is 10.2. The van der Waals surface area contributed by atoms with Crippen LogP contribution in [0.15, 0.2) is 18.3 Å². The molecule has 4 nitrogen and oxygen atoms in total. The van der Waals surface area contributed by atoms with Gasteiger partial charge in [0.15, 0.2) is 0 Å². The highest BCUT2D eigenvalue weighted by atomic mass is 16.5. The lowest BCUT2D eigenvalue weighted by Gasteiger charge is -2.07. The third-order valence-electron chi connectivity index (χ3n) is 2.00. The first kappa shape index (κ1) is 11.5. The smallest absolute Gasteiger partial charge is 0.222 e. The molecule has 84 valence electrons. The van der Waals surface area contributed by atoms with Gasteiger partial charge >= 0.3 is 0 Å². The van der Waals surface area contributed by atoms with Crippen molar-refractivity contribution in [2.75, 3.05) is 7.11 Å². The van der Waals surface area contributed by atoms with Crippen molar-refractivity contribution in [2.24, 2.45) is 5.92 Å². The Morgan fingerprint density at radius 1 is 1.60 bits per heavy atom. The number of nitrogens with zero attached hydrogens (tertiary/aromatic N) is 1. The van der Waals surface area contributed by atoms with Gasteiger partial charge in [-0.1, -0.05) is 19.9 Å². The van der Waals surface area contributed by atoms with Gasteiger partial charge < -0.3 is 10.1 Å². The number of carbonyl (C=O) groups excluding carboxylic acids is 1. The minimum absolute atomic E-state index is 0. The molecule has 4 heteroatoms. The lowest BCUT2D eigenvalue weighted by Crippen LogP contribution is -2.27. The maximum atomic E-state index is 11.3. The summed E-state index contributed by atoms with van der Waals surface area (Å²) in [6.07, 6.45) is 1.69. The average molecular weight is 210 g/mol. The molecule has 0 saturated carbocycles. The maximum absolute atomic E-state index is 11.3. The molecule has 0 bridgehead atoms. The molecule has 0 fully saturated rings. The number of hydrogen-bond acceptors (Lipinski definition) is 3. The van der Waals surface area contributed by atoms with Gasteiger partial charge in [0.1, 0.15) is 0 Å². The van der Waals surface area contributed by atoms with Crippen LogP contribution >= 0.6 is 0 Å². The predicted molar refractivity (Wildman–Crippen MR) is 59.6 cm³/mol. The summed E-state index contributed by atoms with van der Waals surface area (Å²) in [5.74, 6) is 0.635. The number of methoxy groups -OCH3 is 1. The van der Waals surface area contributed by atoms with Gasteiger partial charge in [-0.3, -0.25) is 4.79 Å². The van der Waals surface area contributed by atoms with Crippen LogP contribution in [0.2, 0.25) is 0 Å². The summed E-state index contributed by atoms with van der Waals surface area (Å²) in [6, 6.07) is 3.66. The zero-order chi connectivity index (χ0) is 11.3. The van der Waals surface area contributed by atoms with Gasteiger partial charge in [0, 0.05) is 26.2 Å². The molecule has 0 atom stereocenters. The first-order valence-corrected chi connectivity index (χ1v) is 4.90. The maximum Gasteiger partial charge on any atom is 0.222 e. The van der Waals surface area contributed by atoms with Crippen LogP contribution in [-0.4, -0.2) is 18.0 Å². The predicted octanol–water partition coefficient (Wildman–Crippen LogP) is 1.61. The first-order chi connectivity index (χ1) is 7.13. The Kier molecular flexibility index (Phi) is 4.09. The van der Waals surface area contributed by atoms with E-state index in [9.17, 15) is 4.79 Å². The van der Waals surface area contributed by atoms with E-state index in [-0.39, 0.29) is 13.3 Å². The normalized spacial score (nSPS) is 10.1. The van der Waals surface area contributed by atoms with E-state index in [1.807, 2.05) is 19.9 Å². The van der Waals surface area contributed by atoms with E-state index >= 15 is 0 Å². The van der Waals surface area contributed by atoms with E-state index in [4.69, 9.17) is 4.74 Å². The third-order valence-corrected chi connectivity index (χ3v) is 2.00. The summed E-state index contributed by atoms with van der Waals surface area (Å²) in [4.78, 5) is 15.3. The molecule has 0 aromatic carbocycles. The van der Waals surface area contributed by atoms with Gasteiger partial charge in [-0.05, 0) is 5.56 Å². The monoisotopic (exact) mass is 210 g/mol. The van der Waals surface area contributed by atoms with Crippen LogP contribution in [0.25, 0.3) is 0 Å². The molecule has 0 aliphatic carbocycles. The Hall–Kier alpha value is -1.58. The topological polar surface area (TPSA) is 51.2 Å². The van der Waals surface area contributed by atoms with Crippen molar-refractivity contribution >= 4 is 5.91 Å². The van der Waals surface area contributed by atoms with Gasteiger partial charge in [0.05, 0.1) is 7.11 Å². The molecule has 15 heavy (non-hydrogen) atoms. The van der Waals surface area contributed by atoms with Crippen molar-refractivity contribution in [1.29, 1.82) is 0 Å². The summed E-state index contributed by atoms with van der Waals surface area (Å²) in [6.45, 7) is 4.23. The molecule has 0 saturated heterocycles. The molecular weight excluding hydrogens is 192 g/mol. The Bertz CT molecular complexity index is 325. The van der Waals surface area contributed by atoms with Crippen molar-refractivity contribution in [3.05, 3.63) is 23.9 Å². The Balaban J connectivity index is 0.00000225. The number of pyridine rings is 1. The van der Waals surface area contributed by atoms with E-state index in [1.165, 1.54) is 0 Å². The molecule has 0 aliphatic rings. The van der Waals surface area contributed by atoms with Crippen LogP contribution in [0, 0.1) is 5.92 Å². The van der Waals surface area contributed by atoms with E-state index in [0.29, 0.717) is 12.4 Å². The van der Waals surface area contributed by atoms with E-state index in [0.717, 1.165) is 5.56 Å². The summed E-state index contributed by atoms with van der Waals surface area (Å²) in [7, 11) is 1.57. The second-order valence-electron chi connectivity index (χ2n) is 3.58. The highest BCUT2D eigenvalue weighted by Gasteiger charge is 2.05. The lowest BCUT2D eigenvalue weighted by molar-refractivity contribution is -0.124. The second kappa shape index (κ2) is 5.34. The van der Waals surface area contributed by atoms with Crippen LogP contribution in [0.5, 0.6) is 5.88 Å². The number of hydrogen-bond donors (Lipinski definition) is 1. The number of rotatable bonds is 4. The summed E-state index contributed by atoms with van der Waals surface area (Å²) in [5, 5.41) is 2.82. The Morgan fingerprint density at radius 3 is 2.80 bits per heavy atom. The summed E-state index contributed by atoms with van der Waals surface area (Å²) >= 11 is 0. The number of amides is 1. The van der Waals surface area contributed by atoms with Gasteiger partial charge in [0.25, 0.3) is 0 Å². The highest BCUT2D eigenvalue weighted by molar-refractivity contribution is 5.77. The number of ether oxygens (including phenoxy) is 1. The molecule has 1 aromatic rings. The van der Waals surface area contributed by atoms with Crippen molar-refractivity contribution in [2.45, 2.75) is 20.4 Å². The van der Waals surface area contributed by atoms with Gasteiger partial charge in [-0.15, -0.1) is 0 Å². The van der Waals surface area contributed by atoms with Gasteiger partial charge in [-0.2, -0.15) is 0 Å². The standard InChI is InChI=1S/C11H16N2O2.H2/c1-8(2)11(14)13-7-9-4-5-10(15-3)12-6-9;/h4-6,8H,7H2,1-3H3,(H,13,14);1H. The fourth-order valence-electron chi connectivity index (χ4n) is 1.03. The summed E-state index contributed by atoms with van der Waals surface area (Å²) < 4.78 is 4.93. The zero-order valence-electron chi connectivity index (χ0n) is 9.28. The quantitative estimate of drug-likeness (QED) is 0.821. The third kappa shape index (κ3) is 3.58. The van der Waals surface area contributed by atoms with Gasteiger partial charge in [0.2, 0.25) is 11.8 Å². The molecule has 1 amide bonds. The second-order valence-corrected chi connectivity index (χ2v) is 3.58. The van der Waals surface area contributed by atoms with Crippen LogP contribution in [0.4, 0.5) is 0 Å². The van der Waals surface area contributed by atoms with Crippen LogP contribution in [0.3, 0.4) is 0 Å². The largest absolute Gasteiger partial charge is 0.481 e. The molecule has 1 N–H and O–H groups in total. The molecule has 1 heterocycles. The van der Waals surface area contributed by atoms with Gasteiger partial charge in [-0.25, -0.2) is 4.98 Å². The molecule has 0 radical (unpaired) electrons. The van der Waals surface area contributed by atoms with Crippen LogP contribution < -0.4 is 10.1 Å². The highest BCUT2D eigenvalue weighted by Crippen LogP contribution is 2.06. The van der Waals surface area contributed by atoms with Crippen molar-refractivity contribution < 1.29 is 11.0 Å². The molecule has 1 rings (SSSR count). The molecule has 0 unspecified atom stereocenters. The Labute approximate surface area is 91.2 Å². The summed E-state index contributed by atoms with van der Waals surface area (Å²) in [5.41, 5.74) is 0.963. The minimum atomic E-state index is 0. The average Bonchev–Trinajstić information content (AvgIpc) is 2.26.